The molecule has 0 N–H and O–H groups in total. The van der Waals surface area contributed by atoms with Crippen molar-refractivity contribution in [2.24, 2.45) is 5.92 Å². The zero-order valence-corrected chi connectivity index (χ0v) is 13.5. The van der Waals surface area contributed by atoms with Crippen molar-refractivity contribution < 1.29 is 9.59 Å². The Labute approximate surface area is 137 Å². The molecule has 0 spiro atoms. The number of hydrogen-bond donors (Lipinski definition) is 0. The molecule has 2 aliphatic heterocycles. The minimum absolute atomic E-state index is 0.101. The van der Waals surface area contributed by atoms with Crippen LogP contribution in [-0.2, 0) is 9.59 Å². The number of rotatable bonds is 3. The molecule has 1 saturated carbocycles. The van der Waals surface area contributed by atoms with Gasteiger partial charge in [0.25, 0.3) is 0 Å². The lowest BCUT2D eigenvalue weighted by atomic mass is 9.89. The molecule has 3 fully saturated rings. The van der Waals surface area contributed by atoms with E-state index in [1.54, 1.807) is 0 Å². The summed E-state index contributed by atoms with van der Waals surface area (Å²) in [4.78, 5) is 28.7. The Bertz CT molecular complexity index is 589. The molecule has 4 heteroatoms. The third-order valence-electron chi connectivity index (χ3n) is 5.57. The van der Waals surface area contributed by atoms with Gasteiger partial charge in [0.05, 0.1) is 5.92 Å². The van der Waals surface area contributed by atoms with Crippen LogP contribution in [0.15, 0.2) is 30.3 Å². The lowest BCUT2D eigenvalue weighted by Crippen LogP contribution is -2.42. The van der Waals surface area contributed by atoms with Crippen LogP contribution in [0.3, 0.4) is 0 Å². The maximum atomic E-state index is 12.7. The van der Waals surface area contributed by atoms with Crippen LogP contribution in [0.2, 0.25) is 0 Å². The molecule has 4 nitrogen and oxygen atoms in total. The highest BCUT2D eigenvalue weighted by Crippen LogP contribution is 2.34. The number of nitrogens with zero attached hydrogens (tertiary/aromatic N) is 2. The molecule has 1 aliphatic carbocycles. The first-order valence-electron chi connectivity index (χ1n) is 8.85. The van der Waals surface area contributed by atoms with Crippen LogP contribution in [-0.4, -0.2) is 47.3 Å². The molecule has 1 atom stereocenters. The van der Waals surface area contributed by atoms with Crippen LogP contribution in [0.5, 0.6) is 0 Å². The van der Waals surface area contributed by atoms with Gasteiger partial charge in [0.2, 0.25) is 11.8 Å². The molecule has 0 unspecified atom stereocenters. The Kier molecular flexibility index (Phi) is 3.83. The van der Waals surface area contributed by atoms with Crippen molar-refractivity contribution in [2.75, 3.05) is 19.6 Å². The van der Waals surface area contributed by atoms with Crippen molar-refractivity contribution in [3.8, 4) is 0 Å². The summed E-state index contributed by atoms with van der Waals surface area (Å²) in [5.74, 6) is 0.850. The van der Waals surface area contributed by atoms with Gasteiger partial charge in [-0.25, -0.2) is 0 Å². The molecule has 2 saturated heterocycles. The summed E-state index contributed by atoms with van der Waals surface area (Å²) in [5.41, 5.74) is 1.38. The molecule has 1 aromatic rings. The fourth-order valence-corrected chi connectivity index (χ4v) is 4.05. The SMILES string of the molecule is O=C([C@@H]1CC(=O)N(C2CC2)C1)N1CCC(c2ccccc2)CC1. The Morgan fingerprint density at radius 3 is 2.35 bits per heavy atom. The Balaban J connectivity index is 1.33. The van der Waals surface area contributed by atoms with E-state index >= 15 is 0 Å². The average molecular weight is 312 g/mol. The zero-order valence-electron chi connectivity index (χ0n) is 13.5. The zero-order chi connectivity index (χ0) is 15.8. The molecular formula is C19H24N2O2. The molecule has 2 heterocycles. The van der Waals surface area contributed by atoms with E-state index in [-0.39, 0.29) is 17.7 Å². The monoisotopic (exact) mass is 312 g/mol. The molecule has 4 rings (SSSR count). The topological polar surface area (TPSA) is 40.6 Å². The summed E-state index contributed by atoms with van der Waals surface area (Å²) in [5, 5.41) is 0. The van der Waals surface area contributed by atoms with E-state index in [1.165, 1.54) is 5.56 Å². The second-order valence-electron chi connectivity index (χ2n) is 7.19. The predicted octanol–water partition coefficient (Wildman–Crippen LogP) is 2.40. The largest absolute Gasteiger partial charge is 0.342 e. The fraction of sp³-hybridized carbons (Fsp3) is 0.579. The van der Waals surface area contributed by atoms with Gasteiger partial charge in [-0.1, -0.05) is 30.3 Å². The van der Waals surface area contributed by atoms with Crippen molar-refractivity contribution in [1.29, 1.82) is 0 Å². The van der Waals surface area contributed by atoms with Gasteiger partial charge in [-0.15, -0.1) is 0 Å². The second kappa shape index (κ2) is 5.99. The standard InChI is InChI=1S/C19H24N2O2/c22-18-12-16(13-21(18)17-6-7-17)19(23)20-10-8-15(9-11-20)14-4-2-1-3-5-14/h1-5,15-17H,6-13H2/t16-/m1/s1. The van der Waals surface area contributed by atoms with Gasteiger partial charge in [0.15, 0.2) is 0 Å². The number of carbonyl (C=O) groups excluding carboxylic acids is 2. The molecule has 122 valence electrons. The van der Waals surface area contributed by atoms with E-state index in [4.69, 9.17) is 0 Å². The first-order chi connectivity index (χ1) is 11.2. The number of hydrogen-bond acceptors (Lipinski definition) is 2. The van der Waals surface area contributed by atoms with E-state index in [1.807, 2.05) is 15.9 Å². The number of amides is 2. The molecule has 1 aromatic carbocycles. The van der Waals surface area contributed by atoms with E-state index < -0.39 is 0 Å². The predicted molar refractivity (Wildman–Crippen MR) is 87.8 cm³/mol. The van der Waals surface area contributed by atoms with E-state index in [9.17, 15) is 9.59 Å². The van der Waals surface area contributed by atoms with Crippen LogP contribution in [0, 0.1) is 5.92 Å². The summed E-state index contributed by atoms with van der Waals surface area (Å²) in [6.07, 6.45) is 4.73. The molecule has 0 radical (unpaired) electrons. The van der Waals surface area contributed by atoms with Crippen molar-refractivity contribution in [2.45, 2.75) is 44.1 Å². The molecular weight excluding hydrogens is 288 g/mol. The highest BCUT2D eigenvalue weighted by atomic mass is 16.2. The summed E-state index contributed by atoms with van der Waals surface area (Å²) < 4.78 is 0. The van der Waals surface area contributed by atoms with E-state index in [2.05, 4.69) is 24.3 Å². The number of likely N-dealkylation sites (tertiary alicyclic amines) is 2. The molecule has 2 amide bonds. The van der Waals surface area contributed by atoms with Crippen LogP contribution in [0.1, 0.15) is 43.6 Å². The fourth-order valence-electron chi connectivity index (χ4n) is 4.05. The highest BCUT2D eigenvalue weighted by Gasteiger charge is 2.43. The van der Waals surface area contributed by atoms with Gasteiger partial charge < -0.3 is 9.80 Å². The lowest BCUT2D eigenvalue weighted by molar-refractivity contribution is -0.136. The second-order valence-corrected chi connectivity index (χ2v) is 7.19. The van der Waals surface area contributed by atoms with Crippen molar-refractivity contribution in [3.05, 3.63) is 35.9 Å². The molecule has 3 aliphatic rings. The van der Waals surface area contributed by atoms with Crippen LogP contribution < -0.4 is 0 Å². The molecule has 0 aromatic heterocycles. The van der Waals surface area contributed by atoms with Crippen molar-refractivity contribution >= 4 is 11.8 Å². The average Bonchev–Trinajstić information content (AvgIpc) is 3.37. The minimum Gasteiger partial charge on any atom is -0.342 e. The van der Waals surface area contributed by atoms with Gasteiger partial charge in [-0.3, -0.25) is 9.59 Å². The number of piperidine rings is 1. The first-order valence-corrected chi connectivity index (χ1v) is 8.85. The third-order valence-corrected chi connectivity index (χ3v) is 5.57. The van der Waals surface area contributed by atoms with E-state index in [0.29, 0.717) is 24.9 Å². The van der Waals surface area contributed by atoms with Gasteiger partial charge in [0.1, 0.15) is 0 Å². The Morgan fingerprint density at radius 2 is 1.70 bits per heavy atom. The van der Waals surface area contributed by atoms with Crippen molar-refractivity contribution in [1.82, 2.24) is 9.80 Å². The Hall–Kier alpha value is -1.84. The molecule has 23 heavy (non-hydrogen) atoms. The van der Waals surface area contributed by atoms with Crippen LogP contribution in [0.25, 0.3) is 0 Å². The van der Waals surface area contributed by atoms with Crippen LogP contribution >= 0.6 is 0 Å². The number of carbonyl (C=O) groups is 2. The summed E-state index contributed by atoms with van der Waals surface area (Å²) in [6, 6.07) is 11.0. The summed E-state index contributed by atoms with van der Waals surface area (Å²) >= 11 is 0. The van der Waals surface area contributed by atoms with Gasteiger partial charge >= 0.3 is 0 Å². The quantitative estimate of drug-likeness (QED) is 0.860. The van der Waals surface area contributed by atoms with Crippen molar-refractivity contribution in [3.63, 3.8) is 0 Å². The third kappa shape index (κ3) is 2.99. The van der Waals surface area contributed by atoms with Gasteiger partial charge in [-0.05, 0) is 37.2 Å². The smallest absolute Gasteiger partial charge is 0.227 e. The van der Waals surface area contributed by atoms with Gasteiger partial charge in [-0.2, -0.15) is 0 Å². The summed E-state index contributed by atoms with van der Waals surface area (Å²) in [6.45, 7) is 2.31. The first kappa shape index (κ1) is 14.7. The maximum Gasteiger partial charge on any atom is 0.227 e. The Morgan fingerprint density at radius 1 is 1.00 bits per heavy atom. The maximum absolute atomic E-state index is 12.7. The number of benzene rings is 1. The summed E-state index contributed by atoms with van der Waals surface area (Å²) in [7, 11) is 0. The molecule has 0 bridgehead atoms. The van der Waals surface area contributed by atoms with Gasteiger partial charge in [0, 0.05) is 32.1 Å². The normalized spacial score (nSPS) is 25.9. The van der Waals surface area contributed by atoms with Crippen LogP contribution in [0.4, 0.5) is 0 Å². The lowest BCUT2D eigenvalue weighted by Gasteiger charge is -2.33. The van der Waals surface area contributed by atoms with E-state index in [0.717, 1.165) is 38.8 Å². The highest BCUT2D eigenvalue weighted by molar-refractivity contribution is 5.89. The minimum atomic E-state index is -0.101.